The monoisotopic (exact) mass is 293 g/mol. The average molecular weight is 294 g/mol. The van der Waals surface area contributed by atoms with Crippen molar-refractivity contribution >= 4 is 0 Å². The van der Waals surface area contributed by atoms with Crippen molar-refractivity contribution < 1.29 is 22.3 Å². The summed E-state index contributed by atoms with van der Waals surface area (Å²) in [5, 5.41) is 9.94. The molecule has 0 aliphatic carbocycles. The van der Waals surface area contributed by atoms with Gasteiger partial charge >= 0.3 is 0 Å². The summed E-state index contributed by atoms with van der Waals surface area (Å²) in [6.07, 6.45) is 14.6. The van der Waals surface area contributed by atoms with Gasteiger partial charge in [0.25, 0.3) is 0 Å². The number of halogens is 1. The zero-order chi connectivity index (χ0) is 13.9. The summed E-state index contributed by atoms with van der Waals surface area (Å²) in [5.74, 6) is 0. The molecule has 118 valence electrons. The Morgan fingerprint density at radius 3 is 1.58 bits per heavy atom. The molecule has 0 heterocycles. The number of hydrogen-bond donors (Lipinski definition) is 1. The van der Waals surface area contributed by atoms with Gasteiger partial charge in [0.1, 0.15) is 6.04 Å². The summed E-state index contributed by atoms with van der Waals surface area (Å²) < 4.78 is 0.132. The maximum absolute atomic E-state index is 9.94. The quantitative estimate of drug-likeness (QED) is 0.332. The van der Waals surface area contributed by atoms with E-state index in [9.17, 15) is 5.21 Å². The van der Waals surface area contributed by atoms with E-state index in [-0.39, 0.29) is 17.1 Å². The molecule has 1 unspecified atom stereocenters. The molecular weight excluding hydrogens is 258 g/mol. The Kier molecular flexibility index (Phi) is 14.9. The maximum Gasteiger partial charge on any atom is 0.118 e. The van der Waals surface area contributed by atoms with Crippen LogP contribution in [0.3, 0.4) is 0 Å². The highest BCUT2D eigenvalue weighted by Gasteiger charge is 2.23. The molecule has 2 nitrogen and oxygen atoms in total. The molecule has 0 saturated carbocycles. The van der Waals surface area contributed by atoms with Gasteiger partial charge in [0.2, 0.25) is 0 Å². The molecular formula is C16H36ClNO. The third-order valence-electron chi connectivity index (χ3n) is 4.01. The van der Waals surface area contributed by atoms with Gasteiger partial charge in [-0.05, 0) is 12.8 Å². The molecule has 3 heteroatoms. The van der Waals surface area contributed by atoms with Crippen LogP contribution in [0.15, 0.2) is 0 Å². The number of rotatable bonds is 12. The molecule has 0 saturated heterocycles. The predicted molar refractivity (Wildman–Crippen MR) is 79.8 cm³/mol. The minimum Gasteiger partial charge on any atom is -1.00 e. The second-order valence-corrected chi connectivity index (χ2v) is 6.16. The normalized spacial score (nSPS) is 13.1. The van der Waals surface area contributed by atoms with E-state index < -0.39 is 0 Å². The van der Waals surface area contributed by atoms with Crippen molar-refractivity contribution in [1.82, 2.24) is 0 Å². The van der Waals surface area contributed by atoms with Crippen molar-refractivity contribution in [1.29, 1.82) is 0 Å². The van der Waals surface area contributed by atoms with Gasteiger partial charge < -0.3 is 12.4 Å². The van der Waals surface area contributed by atoms with Crippen LogP contribution < -0.4 is 12.4 Å². The van der Waals surface area contributed by atoms with Gasteiger partial charge in [0.05, 0.1) is 14.1 Å². The predicted octanol–water partition coefficient (Wildman–Crippen LogP) is 2.16. The third kappa shape index (κ3) is 13.0. The lowest BCUT2D eigenvalue weighted by molar-refractivity contribution is -1.09. The van der Waals surface area contributed by atoms with Gasteiger partial charge in [-0.3, -0.25) is 0 Å². The molecule has 1 atom stereocenters. The van der Waals surface area contributed by atoms with Gasteiger partial charge in [0.15, 0.2) is 0 Å². The molecule has 0 aliphatic rings. The smallest absolute Gasteiger partial charge is 0.118 e. The Morgan fingerprint density at radius 2 is 1.21 bits per heavy atom. The lowest BCUT2D eigenvalue weighted by atomic mass is 10.0. The van der Waals surface area contributed by atoms with Crippen molar-refractivity contribution in [2.45, 2.75) is 90.5 Å². The van der Waals surface area contributed by atoms with Crippen molar-refractivity contribution in [3.63, 3.8) is 0 Å². The van der Waals surface area contributed by atoms with Crippen LogP contribution in [0.4, 0.5) is 0 Å². The Bertz CT molecular complexity index is 180. The average Bonchev–Trinajstić information content (AvgIpc) is 2.30. The SMILES string of the molecule is CCCCCCCCCCCC(CC)[N+](C)(C)O.[Cl-]. The van der Waals surface area contributed by atoms with Gasteiger partial charge in [-0.1, -0.05) is 65.2 Å². The molecule has 1 N–H and O–H groups in total. The highest BCUT2D eigenvalue weighted by atomic mass is 35.5. The van der Waals surface area contributed by atoms with Crippen LogP contribution in [0.25, 0.3) is 0 Å². The first kappa shape index (κ1) is 21.5. The zero-order valence-electron chi connectivity index (χ0n) is 13.6. The number of hydroxylamine groups is 3. The van der Waals surface area contributed by atoms with E-state index in [4.69, 9.17) is 0 Å². The number of hydrogen-bond acceptors (Lipinski definition) is 1. The topological polar surface area (TPSA) is 20.2 Å². The fourth-order valence-electron chi connectivity index (χ4n) is 2.66. The van der Waals surface area contributed by atoms with E-state index in [1.165, 1.54) is 57.8 Å². The van der Waals surface area contributed by atoms with Crippen molar-refractivity contribution in [3.8, 4) is 0 Å². The highest BCUT2D eigenvalue weighted by Crippen LogP contribution is 2.16. The van der Waals surface area contributed by atoms with Gasteiger partial charge in [-0.15, -0.1) is 0 Å². The third-order valence-corrected chi connectivity index (χ3v) is 4.01. The summed E-state index contributed by atoms with van der Waals surface area (Å²) in [7, 11) is 3.78. The molecule has 0 spiro atoms. The molecule has 0 radical (unpaired) electrons. The molecule has 0 amide bonds. The fourth-order valence-corrected chi connectivity index (χ4v) is 2.66. The van der Waals surface area contributed by atoms with E-state index in [1.807, 2.05) is 14.1 Å². The summed E-state index contributed by atoms with van der Waals surface area (Å²) >= 11 is 0. The molecule has 0 aromatic heterocycles. The van der Waals surface area contributed by atoms with Crippen LogP contribution in [-0.2, 0) is 0 Å². The number of unbranched alkanes of at least 4 members (excludes halogenated alkanes) is 8. The first-order chi connectivity index (χ1) is 8.52. The standard InChI is InChI=1S/C16H36NO.ClH/c1-5-7-8-9-10-11-12-13-14-15-16(6-2)17(3,4)18;/h16,18H,5-15H2,1-4H3;1H/q+1;/p-1. The lowest BCUT2D eigenvalue weighted by Gasteiger charge is -2.29. The van der Waals surface area contributed by atoms with E-state index in [2.05, 4.69) is 13.8 Å². The molecule has 0 aliphatic heterocycles. The second kappa shape index (κ2) is 13.2. The molecule has 0 fully saturated rings. The van der Waals surface area contributed by atoms with Gasteiger partial charge in [-0.25, -0.2) is 5.21 Å². The minimum atomic E-state index is 0. The van der Waals surface area contributed by atoms with Crippen LogP contribution in [0.5, 0.6) is 0 Å². The van der Waals surface area contributed by atoms with Crippen LogP contribution in [0, 0.1) is 0 Å². The fraction of sp³-hybridized carbons (Fsp3) is 1.00. The molecule has 19 heavy (non-hydrogen) atoms. The minimum absolute atomic E-state index is 0. The lowest BCUT2D eigenvalue weighted by Crippen LogP contribution is -3.00. The Labute approximate surface area is 127 Å². The summed E-state index contributed by atoms with van der Waals surface area (Å²) in [6, 6.07) is 0.412. The van der Waals surface area contributed by atoms with E-state index in [1.54, 1.807) is 0 Å². The Hall–Kier alpha value is 0.210. The van der Waals surface area contributed by atoms with Crippen LogP contribution in [0.2, 0.25) is 0 Å². The van der Waals surface area contributed by atoms with Crippen LogP contribution in [0.1, 0.15) is 84.5 Å². The van der Waals surface area contributed by atoms with Crippen molar-refractivity contribution in [3.05, 3.63) is 0 Å². The molecule has 0 bridgehead atoms. The number of nitrogens with zero attached hydrogens (tertiary/aromatic N) is 1. The zero-order valence-corrected chi connectivity index (χ0v) is 14.4. The van der Waals surface area contributed by atoms with E-state index in [0.29, 0.717) is 6.04 Å². The van der Waals surface area contributed by atoms with Crippen molar-refractivity contribution in [2.24, 2.45) is 0 Å². The maximum atomic E-state index is 9.94. The van der Waals surface area contributed by atoms with E-state index in [0.717, 1.165) is 12.8 Å². The summed E-state index contributed by atoms with van der Waals surface area (Å²) in [6.45, 7) is 4.44. The first-order valence-electron chi connectivity index (χ1n) is 8.08. The first-order valence-corrected chi connectivity index (χ1v) is 8.08. The summed E-state index contributed by atoms with van der Waals surface area (Å²) in [4.78, 5) is 0. The highest BCUT2D eigenvalue weighted by molar-refractivity contribution is 4.55. The second-order valence-electron chi connectivity index (χ2n) is 6.16. The van der Waals surface area contributed by atoms with E-state index >= 15 is 0 Å². The Morgan fingerprint density at radius 1 is 0.789 bits per heavy atom. The van der Waals surface area contributed by atoms with Gasteiger partial charge in [0, 0.05) is 6.42 Å². The number of quaternary nitrogens is 1. The molecule has 0 aromatic rings. The van der Waals surface area contributed by atoms with Crippen molar-refractivity contribution in [2.75, 3.05) is 14.1 Å². The van der Waals surface area contributed by atoms with Crippen LogP contribution >= 0.6 is 0 Å². The van der Waals surface area contributed by atoms with Crippen LogP contribution in [-0.4, -0.2) is 30.0 Å². The molecule has 0 rings (SSSR count). The largest absolute Gasteiger partial charge is 1.00 e. The Balaban J connectivity index is 0. The van der Waals surface area contributed by atoms with Gasteiger partial charge in [-0.2, -0.15) is 4.65 Å². The molecule has 0 aromatic carbocycles. The summed E-state index contributed by atoms with van der Waals surface area (Å²) in [5.41, 5.74) is 0.